The summed E-state index contributed by atoms with van der Waals surface area (Å²) in [4.78, 5) is 12.3. The number of hydrogen-bond acceptors (Lipinski definition) is 4. The summed E-state index contributed by atoms with van der Waals surface area (Å²) in [6, 6.07) is 12.3. The summed E-state index contributed by atoms with van der Waals surface area (Å²) in [7, 11) is -1.01. The second-order valence-corrected chi connectivity index (χ2v) is 13.3. The Bertz CT molecular complexity index is 1210. The third-order valence-corrected chi connectivity index (χ3v) is 9.06. The topological polar surface area (TPSA) is 57.6 Å². The molecule has 2 unspecified atom stereocenters. The quantitative estimate of drug-likeness (QED) is 0.266. The van der Waals surface area contributed by atoms with Gasteiger partial charge in [0.2, 0.25) is 0 Å². The van der Waals surface area contributed by atoms with Crippen molar-refractivity contribution in [3.8, 4) is 0 Å². The Kier molecular flexibility index (Phi) is 11.7. The zero-order valence-corrected chi connectivity index (χ0v) is 26.4. The molecule has 5 nitrogen and oxygen atoms in total. The highest BCUT2D eigenvalue weighted by molar-refractivity contribution is 9.11. The number of aromatic nitrogens is 1. The summed E-state index contributed by atoms with van der Waals surface area (Å²) in [6.07, 6.45) is 11.6. The van der Waals surface area contributed by atoms with Gasteiger partial charge in [-0.3, -0.25) is 14.2 Å². The van der Waals surface area contributed by atoms with Gasteiger partial charge in [-0.15, -0.1) is 0 Å². The van der Waals surface area contributed by atoms with Gasteiger partial charge in [0.15, 0.2) is 0 Å². The largest absolute Gasteiger partial charge is 0.344 e. The number of hydrogen-bond donors (Lipinski definition) is 1. The van der Waals surface area contributed by atoms with Gasteiger partial charge < -0.3 is 10.2 Å². The fourth-order valence-corrected chi connectivity index (χ4v) is 6.10. The number of aliphatic imine (C=N–C) groups is 1. The van der Waals surface area contributed by atoms with Gasteiger partial charge >= 0.3 is 0 Å². The molecule has 1 aromatic heterocycles. The molecule has 2 atom stereocenters. The molecule has 0 saturated heterocycles. The van der Waals surface area contributed by atoms with Gasteiger partial charge in [0, 0.05) is 41.4 Å². The average molecular weight is 612 g/mol. The average Bonchev–Trinajstić information content (AvgIpc) is 2.94. The molecule has 2 aromatic rings. The van der Waals surface area contributed by atoms with Crippen molar-refractivity contribution in [3.05, 3.63) is 94.7 Å². The molecule has 39 heavy (non-hydrogen) atoms. The van der Waals surface area contributed by atoms with E-state index in [1.54, 1.807) is 6.20 Å². The molecule has 0 bridgehead atoms. The van der Waals surface area contributed by atoms with Gasteiger partial charge in [0.05, 0.1) is 21.8 Å². The van der Waals surface area contributed by atoms with Crippen molar-refractivity contribution in [1.82, 2.24) is 15.2 Å². The van der Waals surface area contributed by atoms with Crippen LogP contribution >= 0.6 is 15.9 Å². The Morgan fingerprint density at radius 1 is 1.21 bits per heavy atom. The van der Waals surface area contributed by atoms with Gasteiger partial charge in [-0.25, -0.2) is 0 Å². The highest BCUT2D eigenvalue weighted by Gasteiger charge is 2.26. The monoisotopic (exact) mass is 610 g/mol. The molecule has 1 aliphatic heterocycles. The van der Waals surface area contributed by atoms with Crippen LogP contribution in [0.25, 0.3) is 0 Å². The Morgan fingerprint density at radius 3 is 2.54 bits per heavy atom. The summed E-state index contributed by atoms with van der Waals surface area (Å²) in [5, 5.41) is 3.69. The summed E-state index contributed by atoms with van der Waals surface area (Å²) < 4.78 is 14.0. The highest BCUT2D eigenvalue weighted by Crippen LogP contribution is 2.29. The minimum Gasteiger partial charge on any atom is -0.344 e. The number of likely N-dealkylation sites (N-methyl/N-ethyl adjacent to an activating group) is 1. The number of nitrogens with one attached hydrogen (secondary N) is 1. The molecule has 1 N–H and O–H groups in total. The van der Waals surface area contributed by atoms with E-state index in [1.807, 2.05) is 36.5 Å². The second kappa shape index (κ2) is 14.8. The summed E-state index contributed by atoms with van der Waals surface area (Å²) in [6.45, 7) is 16.2. The number of rotatable bonds is 12. The zero-order valence-electron chi connectivity index (χ0n) is 24.0. The lowest BCUT2D eigenvalue weighted by molar-refractivity contribution is 0.435. The van der Waals surface area contributed by atoms with E-state index in [-0.39, 0.29) is 5.41 Å². The van der Waals surface area contributed by atoms with E-state index >= 15 is 0 Å². The van der Waals surface area contributed by atoms with Crippen LogP contribution in [0.4, 0.5) is 0 Å². The Balaban J connectivity index is 1.79. The molecule has 2 heterocycles. The normalized spacial score (nSPS) is 17.8. The lowest BCUT2D eigenvalue weighted by Gasteiger charge is -2.35. The van der Waals surface area contributed by atoms with Crippen LogP contribution in [-0.4, -0.2) is 32.2 Å². The second-order valence-electron chi connectivity index (χ2n) is 10.9. The molecule has 0 aliphatic carbocycles. The van der Waals surface area contributed by atoms with Crippen molar-refractivity contribution in [3.63, 3.8) is 0 Å². The van der Waals surface area contributed by atoms with Crippen molar-refractivity contribution in [2.45, 2.75) is 77.2 Å². The third-order valence-electron chi connectivity index (χ3n) is 6.90. The van der Waals surface area contributed by atoms with Crippen molar-refractivity contribution < 1.29 is 4.21 Å². The number of halogens is 1. The highest BCUT2D eigenvalue weighted by atomic mass is 79.9. The van der Waals surface area contributed by atoms with E-state index in [9.17, 15) is 4.21 Å². The van der Waals surface area contributed by atoms with Gasteiger partial charge in [-0.05, 0) is 82.8 Å². The van der Waals surface area contributed by atoms with E-state index in [2.05, 4.69) is 90.5 Å². The van der Waals surface area contributed by atoms with Gasteiger partial charge in [-0.1, -0.05) is 65.0 Å². The van der Waals surface area contributed by atoms with Gasteiger partial charge in [0.25, 0.3) is 0 Å². The number of allylic oxidation sites excluding steroid dienone is 3. The maximum Gasteiger partial charge on any atom is 0.131 e. The first-order valence-corrected chi connectivity index (χ1v) is 16.0. The maximum atomic E-state index is 13.1. The van der Waals surface area contributed by atoms with Crippen molar-refractivity contribution >= 4 is 32.6 Å². The first-order chi connectivity index (χ1) is 18.7. The molecular weight excluding hydrogens is 568 g/mol. The maximum absolute atomic E-state index is 13.1. The fourth-order valence-electron chi connectivity index (χ4n) is 4.68. The lowest BCUT2D eigenvalue weighted by Crippen LogP contribution is -2.42. The van der Waals surface area contributed by atoms with Crippen LogP contribution in [0.15, 0.2) is 93.4 Å². The number of pyridine rings is 1. The first-order valence-electron chi connectivity index (χ1n) is 13.9. The van der Waals surface area contributed by atoms with Crippen molar-refractivity contribution in [2.24, 2.45) is 10.9 Å². The molecule has 1 aliphatic rings. The summed E-state index contributed by atoms with van der Waals surface area (Å²) in [5.41, 5.74) is 3.58. The molecule has 0 saturated carbocycles. The van der Waals surface area contributed by atoms with Crippen LogP contribution in [-0.2, 0) is 22.8 Å². The van der Waals surface area contributed by atoms with Crippen LogP contribution in [0.3, 0.4) is 0 Å². The fraction of sp³-hybridized carbons (Fsp3) is 0.438. The molecule has 210 valence electrons. The Morgan fingerprint density at radius 2 is 1.95 bits per heavy atom. The number of benzene rings is 1. The van der Waals surface area contributed by atoms with Crippen LogP contribution < -0.4 is 5.32 Å². The molecule has 7 heteroatoms. The van der Waals surface area contributed by atoms with Crippen LogP contribution in [0.2, 0.25) is 0 Å². The van der Waals surface area contributed by atoms with E-state index in [1.165, 1.54) is 5.56 Å². The predicted molar refractivity (Wildman–Crippen MR) is 169 cm³/mol. The number of amidine groups is 1. The smallest absolute Gasteiger partial charge is 0.131 e. The minimum absolute atomic E-state index is 0.0928. The standard InChI is InChI=1S/C32H43BrN4OS/c1-7-12-25(14-11-20-39(38)27-17-15-26(16-18-27)32(4,5)6)29-21-30(35-23-24-13-10-19-34-22-24)37(9-3)31(36-29)28(33)8-2/h8,10,13,15-19,21-22,25,36H,2,7,9,11-12,14,20,23H2,1,3-6H3/b31-28+,35-30?. The first kappa shape index (κ1) is 31.0. The molecule has 0 radical (unpaired) electrons. The molecule has 1 aromatic carbocycles. The van der Waals surface area contributed by atoms with Crippen LogP contribution in [0, 0.1) is 5.92 Å². The Hall–Kier alpha value is -2.51. The predicted octanol–water partition coefficient (Wildman–Crippen LogP) is 7.84. The summed E-state index contributed by atoms with van der Waals surface area (Å²) >= 11 is 3.70. The van der Waals surface area contributed by atoms with Gasteiger partial charge in [-0.2, -0.15) is 0 Å². The summed E-state index contributed by atoms with van der Waals surface area (Å²) in [5.74, 6) is 2.86. The molecule has 0 spiro atoms. The van der Waals surface area contributed by atoms with Gasteiger partial charge in [0.1, 0.15) is 11.7 Å². The van der Waals surface area contributed by atoms with E-state index in [4.69, 9.17) is 4.99 Å². The van der Waals surface area contributed by atoms with E-state index in [0.29, 0.717) is 18.2 Å². The molecular formula is C32H43BrN4OS. The minimum atomic E-state index is -1.01. The third kappa shape index (κ3) is 8.74. The molecule has 0 amide bonds. The SMILES string of the molecule is C=C/C(Br)=C1/NC(C(CCC)CCCS(=O)c2ccc(C(C)(C)C)cc2)=CC(=NCc2cccnc2)N1CC. The van der Waals surface area contributed by atoms with E-state index in [0.717, 1.165) is 64.5 Å². The lowest BCUT2D eigenvalue weighted by atomic mass is 9.87. The van der Waals surface area contributed by atoms with Crippen LogP contribution in [0.1, 0.15) is 71.4 Å². The van der Waals surface area contributed by atoms with E-state index < -0.39 is 10.8 Å². The zero-order chi connectivity index (χ0) is 28.4. The molecule has 0 fully saturated rings. The molecule has 3 rings (SSSR count). The number of nitrogens with zero attached hydrogens (tertiary/aromatic N) is 3. The van der Waals surface area contributed by atoms with Crippen LogP contribution in [0.5, 0.6) is 0 Å². The van der Waals surface area contributed by atoms with Crippen molar-refractivity contribution in [2.75, 3.05) is 12.3 Å². The van der Waals surface area contributed by atoms with Crippen molar-refractivity contribution in [1.29, 1.82) is 0 Å². The Labute approximate surface area is 246 Å².